The number of carbonyl (C=O) groups is 2. The number of hydrogen-bond donors (Lipinski definition) is 0. The van der Waals surface area contributed by atoms with E-state index in [1.165, 1.54) is 18.7 Å². The summed E-state index contributed by atoms with van der Waals surface area (Å²) in [6, 6.07) is 16.4. The summed E-state index contributed by atoms with van der Waals surface area (Å²) in [5.41, 5.74) is 2.16. The predicted octanol–water partition coefficient (Wildman–Crippen LogP) is 3.55. The van der Waals surface area contributed by atoms with Crippen LogP contribution in [0.15, 0.2) is 54.6 Å². The average Bonchev–Trinajstić information content (AvgIpc) is 2.52. The zero-order valence-electron chi connectivity index (χ0n) is 11.6. The zero-order valence-corrected chi connectivity index (χ0v) is 12.4. The summed E-state index contributed by atoms with van der Waals surface area (Å²) < 4.78 is 0. The quantitative estimate of drug-likeness (QED) is 0.641. The van der Waals surface area contributed by atoms with Crippen molar-refractivity contribution in [1.29, 1.82) is 0 Å². The van der Waals surface area contributed by atoms with Gasteiger partial charge in [-0.3, -0.25) is 9.59 Å². The fraction of sp³-hybridized carbons (Fsp3) is 0.111. The van der Waals surface area contributed by atoms with Crippen molar-refractivity contribution < 1.29 is 9.59 Å². The minimum atomic E-state index is 0.00208. The fourth-order valence-electron chi connectivity index (χ4n) is 1.74. The van der Waals surface area contributed by atoms with Crippen molar-refractivity contribution in [3.05, 3.63) is 71.3 Å². The van der Waals surface area contributed by atoms with Crippen LogP contribution in [0.5, 0.6) is 0 Å². The number of benzene rings is 2. The van der Waals surface area contributed by atoms with E-state index in [1.54, 1.807) is 24.3 Å². The summed E-state index contributed by atoms with van der Waals surface area (Å²) in [7, 11) is 0. The number of ketones is 1. The van der Waals surface area contributed by atoms with Gasteiger partial charge in [0.1, 0.15) is 0 Å². The number of thioether (sulfide) groups is 1. The third kappa shape index (κ3) is 4.62. The minimum Gasteiger partial charge on any atom is -0.289 e. The van der Waals surface area contributed by atoms with E-state index in [1.807, 2.05) is 30.3 Å². The van der Waals surface area contributed by atoms with E-state index in [0.29, 0.717) is 16.9 Å². The molecule has 0 spiro atoms. The Balaban J connectivity index is 2.05. The van der Waals surface area contributed by atoms with Crippen LogP contribution in [0, 0.1) is 11.8 Å². The molecule has 2 rings (SSSR count). The second kappa shape index (κ2) is 7.47. The lowest BCUT2D eigenvalue weighted by atomic mass is 10.0. The van der Waals surface area contributed by atoms with Crippen molar-refractivity contribution in [2.45, 2.75) is 6.92 Å². The van der Waals surface area contributed by atoms with Gasteiger partial charge in [-0.1, -0.05) is 53.9 Å². The SMILES string of the molecule is CC(=O)SCC#Cc1ccc(C(=O)c2ccccc2)cc1. The van der Waals surface area contributed by atoms with Gasteiger partial charge in [0.05, 0.1) is 5.75 Å². The fourth-order valence-corrected chi connectivity index (χ4v) is 2.08. The van der Waals surface area contributed by atoms with Crippen molar-refractivity contribution in [3.8, 4) is 11.8 Å². The standard InChI is InChI=1S/C18H14O2S/c1-14(19)21-13-5-6-15-9-11-17(12-10-15)18(20)16-7-3-2-4-8-16/h2-4,7-12H,13H2,1H3. The third-order valence-electron chi connectivity index (χ3n) is 2.76. The van der Waals surface area contributed by atoms with Gasteiger partial charge >= 0.3 is 0 Å². The Hall–Kier alpha value is -2.31. The summed E-state index contributed by atoms with van der Waals surface area (Å²) in [5.74, 6) is 6.38. The van der Waals surface area contributed by atoms with Crippen LogP contribution in [0.2, 0.25) is 0 Å². The highest BCUT2D eigenvalue weighted by Gasteiger charge is 2.07. The predicted molar refractivity (Wildman–Crippen MR) is 86.3 cm³/mol. The summed E-state index contributed by atoms with van der Waals surface area (Å²) in [6.07, 6.45) is 0. The van der Waals surface area contributed by atoms with Crippen LogP contribution in [-0.2, 0) is 4.79 Å². The molecule has 2 aromatic rings. The topological polar surface area (TPSA) is 34.1 Å². The van der Waals surface area contributed by atoms with Gasteiger partial charge < -0.3 is 0 Å². The molecule has 0 aliphatic rings. The van der Waals surface area contributed by atoms with Gasteiger partial charge in [-0.2, -0.15) is 0 Å². The molecule has 0 atom stereocenters. The molecular weight excluding hydrogens is 280 g/mol. The van der Waals surface area contributed by atoms with Crippen LogP contribution < -0.4 is 0 Å². The highest BCUT2D eigenvalue weighted by atomic mass is 32.2. The van der Waals surface area contributed by atoms with Crippen LogP contribution in [0.3, 0.4) is 0 Å². The van der Waals surface area contributed by atoms with E-state index in [4.69, 9.17) is 0 Å². The maximum Gasteiger partial charge on any atom is 0.193 e. The lowest BCUT2D eigenvalue weighted by molar-refractivity contribution is -0.109. The summed E-state index contributed by atoms with van der Waals surface area (Å²) in [6.45, 7) is 1.52. The Morgan fingerprint density at radius 1 is 0.952 bits per heavy atom. The van der Waals surface area contributed by atoms with Crippen molar-refractivity contribution in [2.75, 3.05) is 5.75 Å². The first-order valence-electron chi connectivity index (χ1n) is 6.49. The minimum absolute atomic E-state index is 0.00208. The molecule has 0 saturated heterocycles. The van der Waals surface area contributed by atoms with Gasteiger partial charge in [0.15, 0.2) is 10.9 Å². The van der Waals surface area contributed by atoms with E-state index in [2.05, 4.69) is 11.8 Å². The summed E-state index contributed by atoms with van der Waals surface area (Å²) in [4.78, 5) is 23.0. The summed E-state index contributed by atoms with van der Waals surface area (Å²) in [5, 5.41) is 0.0631. The largest absolute Gasteiger partial charge is 0.289 e. The average molecular weight is 294 g/mol. The van der Waals surface area contributed by atoms with Gasteiger partial charge in [-0.05, 0) is 24.3 Å². The highest BCUT2D eigenvalue weighted by Crippen LogP contribution is 2.10. The Morgan fingerprint density at radius 3 is 2.19 bits per heavy atom. The van der Waals surface area contributed by atoms with Crippen LogP contribution >= 0.6 is 11.8 Å². The highest BCUT2D eigenvalue weighted by molar-refractivity contribution is 8.13. The van der Waals surface area contributed by atoms with Crippen molar-refractivity contribution in [1.82, 2.24) is 0 Å². The number of rotatable bonds is 3. The van der Waals surface area contributed by atoms with E-state index in [0.717, 1.165) is 5.56 Å². The van der Waals surface area contributed by atoms with Crippen molar-refractivity contribution in [2.24, 2.45) is 0 Å². The lowest BCUT2D eigenvalue weighted by Gasteiger charge is -2.00. The molecule has 0 aromatic heterocycles. The first-order valence-corrected chi connectivity index (χ1v) is 7.47. The lowest BCUT2D eigenvalue weighted by Crippen LogP contribution is -2.00. The zero-order chi connectivity index (χ0) is 15.1. The van der Waals surface area contributed by atoms with Crippen molar-refractivity contribution in [3.63, 3.8) is 0 Å². The van der Waals surface area contributed by atoms with Gasteiger partial charge in [0.25, 0.3) is 0 Å². The monoisotopic (exact) mass is 294 g/mol. The molecule has 0 amide bonds. The van der Waals surface area contributed by atoms with Gasteiger partial charge in [0.2, 0.25) is 0 Å². The van der Waals surface area contributed by atoms with Crippen LogP contribution in [0.4, 0.5) is 0 Å². The van der Waals surface area contributed by atoms with E-state index in [-0.39, 0.29) is 10.9 Å². The Morgan fingerprint density at radius 2 is 1.57 bits per heavy atom. The molecule has 0 radical (unpaired) electrons. The normalized spacial score (nSPS) is 9.57. The first kappa shape index (κ1) is 15.1. The van der Waals surface area contributed by atoms with Gasteiger partial charge in [0, 0.05) is 23.6 Å². The molecule has 0 saturated carbocycles. The van der Waals surface area contributed by atoms with Crippen LogP contribution in [-0.4, -0.2) is 16.7 Å². The molecule has 2 aromatic carbocycles. The molecule has 2 nitrogen and oxygen atoms in total. The molecule has 0 unspecified atom stereocenters. The van der Waals surface area contributed by atoms with E-state index in [9.17, 15) is 9.59 Å². The van der Waals surface area contributed by atoms with Crippen LogP contribution in [0.1, 0.15) is 28.4 Å². The molecule has 3 heteroatoms. The van der Waals surface area contributed by atoms with Gasteiger partial charge in [-0.25, -0.2) is 0 Å². The maximum absolute atomic E-state index is 12.2. The number of carbonyl (C=O) groups excluding carboxylic acids is 2. The maximum atomic E-state index is 12.2. The Bertz CT molecular complexity index is 691. The Kier molecular flexibility index (Phi) is 5.36. The molecule has 21 heavy (non-hydrogen) atoms. The first-order chi connectivity index (χ1) is 10.2. The Labute approximate surface area is 128 Å². The van der Waals surface area contributed by atoms with E-state index < -0.39 is 0 Å². The smallest absolute Gasteiger partial charge is 0.193 e. The molecule has 0 heterocycles. The molecule has 0 N–H and O–H groups in total. The molecular formula is C18H14O2S. The number of hydrogen-bond acceptors (Lipinski definition) is 3. The second-order valence-corrected chi connectivity index (χ2v) is 5.51. The molecule has 0 aliphatic heterocycles. The summed E-state index contributed by atoms with van der Waals surface area (Å²) >= 11 is 1.19. The van der Waals surface area contributed by atoms with Crippen LogP contribution in [0.25, 0.3) is 0 Å². The molecule has 0 aliphatic carbocycles. The second-order valence-electron chi connectivity index (χ2n) is 4.35. The molecule has 104 valence electrons. The molecule has 0 bridgehead atoms. The van der Waals surface area contributed by atoms with Gasteiger partial charge in [-0.15, -0.1) is 0 Å². The van der Waals surface area contributed by atoms with E-state index >= 15 is 0 Å². The third-order valence-corrected chi connectivity index (χ3v) is 3.46. The molecule has 0 fully saturated rings. The van der Waals surface area contributed by atoms with Crippen molar-refractivity contribution >= 4 is 22.7 Å².